The number of halogens is 1. The van der Waals surface area contributed by atoms with E-state index < -0.39 is 0 Å². The van der Waals surface area contributed by atoms with Gasteiger partial charge in [0.15, 0.2) is 0 Å². The summed E-state index contributed by atoms with van der Waals surface area (Å²) in [5, 5.41) is 4.12. The van der Waals surface area contributed by atoms with Gasteiger partial charge in [0, 0.05) is 36.7 Å². The molecule has 1 fully saturated rings. The number of H-pyrrole nitrogens is 1. The molecule has 0 radical (unpaired) electrons. The van der Waals surface area contributed by atoms with Crippen molar-refractivity contribution < 1.29 is 9.18 Å². The number of fused-ring (bicyclic) bond motifs is 2. The van der Waals surface area contributed by atoms with Crippen molar-refractivity contribution in [2.75, 3.05) is 32.7 Å². The number of nitrogens with zero attached hydrogens (tertiary/aromatic N) is 2. The predicted molar refractivity (Wildman–Crippen MR) is 125 cm³/mol. The largest absolute Gasteiger partial charge is 0.361 e. The Morgan fingerprint density at radius 2 is 1.91 bits per heavy atom. The Labute approximate surface area is 188 Å². The molecule has 1 saturated heterocycles. The average Bonchev–Trinajstić information content (AvgIpc) is 3.25. The maximum absolute atomic E-state index is 13.7. The number of carbonyl (C=O) groups is 1. The van der Waals surface area contributed by atoms with E-state index in [9.17, 15) is 9.18 Å². The summed E-state index contributed by atoms with van der Waals surface area (Å²) in [6.45, 7) is 5.28. The van der Waals surface area contributed by atoms with E-state index in [-0.39, 0.29) is 11.8 Å². The number of rotatable bonds is 5. The molecule has 0 spiro atoms. The lowest BCUT2D eigenvalue weighted by Gasteiger charge is -2.32. The van der Waals surface area contributed by atoms with Crippen LogP contribution in [-0.2, 0) is 13.0 Å². The van der Waals surface area contributed by atoms with E-state index in [1.807, 2.05) is 17.0 Å². The summed E-state index contributed by atoms with van der Waals surface area (Å²) in [6, 6.07) is 13.4. The monoisotopic (exact) mass is 434 g/mol. The third-order valence-electron chi connectivity index (χ3n) is 7.05. The molecule has 0 bridgehead atoms. The number of piperidine rings is 1. The Kier molecular flexibility index (Phi) is 6.12. The smallest absolute Gasteiger partial charge is 0.317 e. The van der Waals surface area contributed by atoms with Crippen molar-refractivity contribution >= 4 is 16.9 Å². The highest BCUT2D eigenvalue weighted by Gasteiger charge is 2.23. The zero-order valence-electron chi connectivity index (χ0n) is 18.4. The van der Waals surface area contributed by atoms with Crippen molar-refractivity contribution in [2.24, 2.45) is 0 Å². The second-order valence-corrected chi connectivity index (χ2v) is 9.08. The summed E-state index contributed by atoms with van der Waals surface area (Å²) >= 11 is 0. The number of urea groups is 1. The molecule has 2 aromatic carbocycles. The second kappa shape index (κ2) is 9.33. The molecule has 3 heterocycles. The van der Waals surface area contributed by atoms with Crippen LogP contribution in [0.3, 0.4) is 0 Å². The van der Waals surface area contributed by atoms with E-state index >= 15 is 0 Å². The highest BCUT2D eigenvalue weighted by atomic mass is 19.1. The van der Waals surface area contributed by atoms with Gasteiger partial charge in [0.25, 0.3) is 0 Å². The molecular weight excluding hydrogens is 403 g/mol. The number of aromatic nitrogens is 1. The van der Waals surface area contributed by atoms with Crippen LogP contribution in [0, 0.1) is 5.82 Å². The van der Waals surface area contributed by atoms with Gasteiger partial charge in [0.05, 0.1) is 0 Å². The molecule has 1 aromatic heterocycles. The molecule has 2 amide bonds. The van der Waals surface area contributed by atoms with Gasteiger partial charge in [0.1, 0.15) is 5.82 Å². The SMILES string of the molecule is O=C(NCCCN1CCC(c2c[nH]c3ccc(F)cc23)CC1)N1CCc2ccccc2C1. The highest BCUT2D eigenvalue weighted by Crippen LogP contribution is 2.33. The molecule has 0 aliphatic carbocycles. The van der Waals surface area contributed by atoms with Crippen molar-refractivity contribution in [3.05, 3.63) is 71.2 Å². The minimum atomic E-state index is -0.174. The van der Waals surface area contributed by atoms with Crippen molar-refractivity contribution in [1.29, 1.82) is 0 Å². The van der Waals surface area contributed by atoms with E-state index in [0.29, 0.717) is 19.0 Å². The van der Waals surface area contributed by atoms with Crippen LogP contribution in [0.2, 0.25) is 0 Å². The number of hydrogen-bond donors (Lipinski definition) is 2. The molecular formula is C26H31FN4O. The number of nitrogens with one attached hydrogen (secondary N) is 2. The third-order valence-corrected chi connectivity index (χ3v) is 7.05. The molecule has 2 aliphatic rings. The van der Waals surface area contributed by atoms with E-state index in [1.54, 1.807) is 6.07 Å². The Bertz CT molecular complexity index is 1090. The maximum Gasteiger partial charge on any atom is 0.317 e. The van der Waals surface area contributed by atoms with Gasteiger partial charge < -0.3 is 20.1 Å². The van der Waals surface area contributed by atoms with Crippen LogP contribution in [0.4, 0.5) is 9.18 Å². The first-order valence-corrected chi connectivity index (χ1v) is 11.8. The standard InChI is InChI=1S/C26H31FN4O/c27-22-6-7-25-23(16-22)24(17-29-25)20-8-13-30(14-9-20)12-3-11-28-26(32)31-15-10-19-4-1-2-5-21(19)18-31/h1-2,4-7,16-17,20,29H,3,8-15,18H2,(H,28,32). The number of amides is 2. The van der Waals surface area contributed by atoms with Gasteiger partial charge >= 0.3 is 6.03 Å². The van der Waals surface area contributed by atoms with Crippen LogP contribution >= 0.6 is 0 Å². The average molecular weight is 435 g/mol. The quantitative estimate of drug-likeness (QED) is 0.575. The maximum atomic E-state index is 13.7. The van der Waals surface area contributed by atoms with Gasteiger partial charge in [-0.15, -0.1) is 0 Å². The Morgan fingerprint density at radius 3 is 2.75 bits per heavy atom. The summed E-state index contributed by atoms with van der Waals surface area (Å²) in [5.41, 5.74) is 4.87. The molecule has 0 saturated carbocycles. The molecule has 168 valence electrons. The summed E-state index contributed by atoms with van der Waals surface area (Å²) in [6.07, 6.45) is 6.12. The fraction of sp³-hybridized carbons (Fsp3) is 0.423. The van der Waals surface area contributed by atoms with Gasteiger partial charge in [-0.1, -0.05) is 24.3 Å². The van der Waals surface area contributed by atoms with E-state index in [1.165, 1.54) is 22.8 Å². The summed E-state index contributed by atoms with van der Waals surface area (Å²) < 4.78 is 13.7. The molecule has 2 N–H and O–H groups in total. The number of carbonyl (C=O) groups excluding carboxylic acids is 1. The highest BCUT2D eigenvalue weighted by molar-refractivity contribution is 5.83. The molecule has 32 heavy (non-hydrogen) atoms. The number of likely N-dealkylation sites (tertiary alicyclic amines) is 1. The Morgan fingerprint density at radius 1 is 1.09 bits per heavy atom. The molecule has 5 nitrogen and oxygen atoms in total. The van der Waals surface area contributed by atoms with Crippen molar-refractivity contribution in [3.63, 3.8) is 0 Å². The van der Waals surface area contributed by atoms with Crippen molar-refractivity contribution in [3.8, 4) is 0 Å². The number of benzene rings is 2. The van der Waals surface area contributed by atoms with E-state index in [2.05, 4.69) is 39.6 Å². The summed E-state index contributed by atoms with van der Waals surface area (Å²) in [7, 11) is 0. The second-order valence-electron chi connectivity index (χ2n) is 9.08. The van der Waals surface area contributed by atoms with Gasteiger partial charge in [-0.3, -0.25) is 0 Å². The fourth-order valence-corrected chi connectivity index (χ4v) is 5.20. The van der Waals surface area contributed by atoms with Crippen LogP contribution in [0.15, 0.2) is 48.7 Å². The Balaban J connectivity index is 1.04. The number of aromatic amines is 1. The molecule has 0 unspecified atom stereocenters. The van der Waals surface area contributed by atoms with Crippen LogP contribution in [0.25, 0.3) is 10.9 Å². The van der Waals surface area contributed by atoms with Gasteiger partial charge in [0.2, 0.25) is 0 Å². The zero-order valence-corrected chi connectivity index (χ0v) is 18.4. The third kappa shape index (κ3) is 4.51. The van der Waals surface area contributed by atoms with Crippen LogP contribution < -0.4 is 5.32 Å². The van der Waals surface area contributed by atoms with Gasteiger partial charge in [-0.2, -0.15) is 0 Å². The van der Waals surface area contributed by atoms with E-state index in [4.69, 9.17) is 0 Å². The molecule has 0 atom stereocenters. The lowest BCUT2D eigenvalue weighted by molar-refractivity contribution is 0.188. The number of hydrogen-bond acceptors (Lipinski definition) is 2. The van der Waals surface area contributed by atoms with Crippen LogP contribution in [0.5, 0.6) is 0 Å². The predicted octanol–water partition coefficient (Wildman–Crippen LogP) is 4.64. The fourth-order valence-electron chi connectivity index (χ4n) is 5.20. The van der Waals surface area contributed by atoms with Crippen LogP contribution in [0.1, 0.15) is 41.9 Å². The van der Waals surface area contributed by atoms with Crippen LogP contribution in [-0.4, -0.2) is 53.5 Å². The summed E-state index contributed by atoms with van der Waals surface area (Å²) in [4.78, 5) is 20.2. The normalized spacial score (nSPS) is 17.5. The van der Waals surface area contributed by atoms with Gasteiger partial charge in [-0.05, 0) is 86.1 Å². The van der Waals surface area contributed by atoms with Gasteiger partial charge in [-0.25, -0.2) is 9.18 Å². The first kappa shape index (κ1) is 21.0. The molecule has 3 aromatic rings. The summed E-state index contributed by atoms with van der Waals surface area (Å²) in [5.74, 6) is 0.301. The minimum absolute atomic E-state index is 0.0461. The first-order chi connectivity index (χ1) is 15.7. The minimum Gasteiger partial charge on any atom is -0.361 e. The molecule has 5 rings (SSSR count). The van der Waals surface area contributed by atoms with Crippen molar-refractivity contribution in [2.45, 2.75) is 38.1 Å². The topological polar surface area (TPSA) is 51.4 Å². The lowest BCUT2D eigenvalue weighted by atomic mass is 9.89. The van der Waals surface area contributed by atoms with Crippen molar-refractivity contribution in [1.82, 2.24) is 20.1 Å². The Hall–Kier alpha value is -2.86. The lowest BCUT2D eigenvalue weighted by Crippen LogP contribution is -2.43. The first-order valence-electron chi connectivity index (χ1n) is 11.8. The van der Waals surface area contributed by atoms with E-state index in [0.717, 1.165) is 62.8 Å². The molecule has 2 aliphatic heterocycles. The molecule has 6 heteroatoms. The zero-order chi connectivity index (χ0) is 21.9.